The number of halogens is 1. The Hall–Kier alpha value is -2.73. The highest BCUT2D eigenvalue weighted by Crippen LogP contribution is 2.34. The summed E-state index contributed by atoms with van der Waals surface area (Å²) in [5.41, 5.74) is 11.2. The zero-order valence-electron chi connectivity index (χ0n) is 17.2. The maximum absolute atomic E-state index is 13.8. The van der Waals surface area contributed by atoms with Crippen molar-refractivity contribution in [1.29, 1.82) is 0 Å². The average molecular weight is 424 g/mol. The molecule has 0 radical (unpaired) electrons. The number of hydrogen-bond donors (Lipinski definition) is 2. The summed E-state index contributed by atoms with van der Waals surface area (Å²) in [6.45, 7) is 4.41. The number of amides is 1. The summed E-state index contributed by atoms with van der Waals surface area (Å²) in [5.74, 6) is -0.192. The van der Waals surface area contributed by atoms with Crippen LogP contribution in [0.1, 0.15) is 42.7 Å². The van der Waals surface area contributed by atoms with E-state index < -0.39 is 0 Å². The summed E-state index contributed by atoms with van der Waals surface area (Å²) in [7, 11) is 0. The van der Waals surface area contributed by atoms with Crippen molar-refractivity contribution in [3.63, 3.8) is 0 Å². The Kier molecular flexibility index (Phi) is 5.60. The molecule has 0 bridgehead atoms. The van der Waals surface area contributed by atoms with Crippen molar-refractivity contribution in [1.82, 2.24) is 9.88 Å². The van der Waals surface area contributed by atoms with E-state index in [1.54, 1.807) is 12.1 Å². The standard InChI is InChI=1S/C24H26FN3OS/c1-14(2)24(29)27-18-7-9-22-20(12-18)19-11-16(23(26)30)6-8-21(19)28(22)13-15-4-3-5-17(25)10-15/h3-6,8,10-11,14,18H,7,9,12-13H2,1-2H3,(H2,26,30)(H,27,29). The number of nitrogens with zero attached hydrogens (tertiary/aromatic N) is 1. The zero-order chi connectivity index (χ0) is 21.4. The Morgan fingerprint density at radius 2 is 2.10 bits per heavy atom. The molecule has 1 atom stereocenters. The minimum Gasteiger partial charge on any atom is -0.389 e. The molecule has 1 aromatic heterocycles. The van der Waals surface area contributed by atoms with Crippen LogP contribution in [0.25, 0.3) is 10.9 Å². The molecule has 30 heavy (non-hydrogen) atoms. The van der Waals surface area contributed by atoms with E-state index in [1.165, 1.54) is 17.3 Å². The molecule has 4 rings (SSSR count). The van der Waals surface area contributed by atoms with Gasteiger partial charge in [0.1, 0.15) is 10.8 Å². The third kappa shape index (κ3) is 3.97. The SMILES string of the molecule is CC(C)C(=O)NC1CCc2c(c3cc(C(N)=S)ccc3n2Cc2cccc(F)c2)C1. The largest absolute Gasteiger partial charge is 0.389 e. The molecule has 0 saturated heterocycles. The van der Waals surface area contributed by atoms with E-state index in [1.807, 2.05) is 38.1 Å². The quantitative estimate of drug-likeness (QED) is 0.608. The Balaban J connectivity index is 1.78. The zero-order valence-corrected chi connectivity index (χ0v) is 18.1. The van der Waals surface area contributed by atoms with Gasteiger partial charge in [-0.2, -0.15) is 0 Å². The van der Waals surface area contributed by atoms with Crippen LogP contribution in [-0.2, 0) is 24.2 Å². The second-order valence-electron chi connectivity index (χ2n) is 8.34. The molecule has 6 heteroatoms. The van der Waals surface area contributed by atoms with E-state index in [9.17, 15) is 9.18 Å². The lowest BCUT2D eigenvalue weighted by molar-refractivity contribution is -0.124. The van der Waals surface area contributed by atoms with Crippen LogP contribution in [-0.4, -0.2) is 21.5 Å². The number of nitrogens with two attached hydrogens (primary N) is 1. The molecule has 0 spiro atoms. The fourth-order valence-corrected chi connectivity index (χ4v) is 4.42. The Morgan fingerprint density at radius 3 is 2.80 bits per heavy atom. The first-order chi connectivity index (χ1) is 14.3. The first-order valence-corrected chi connectivity index (χ1v) is 10.7. The molecular formula is C24H26FN3OS. The van der Waals surface area contributed by atoms with Crippen molar-refractivity contribution in [2.24, 2.45) is 11.7 Å². The summed E-state index contributed by atoms with van der Waals surface area (Å²) in [6.07, 6.45) is 2.50. The highest BCUT2D eigenvalue weighted by Gasteiger charge is 2.27. The summed E-state index contributed by atoms with van der Waals surface area (Å²) in [5, 5.41) is 4.29. The second-order valence-corrected chi connectivity index (χ2v) is 8.78. The van der Waals surface area contributed by atoms with Crippen LogP contribution >= 0.6 is 12.2 Å². The molecule has 3 aromatic rings. The van der Waals surface area contributed by atoms with Gasteiger partial charge < -0.3 is 15.6 Å². The Labute approximate surface area is 181 Å². The van der Waals surface area contributed by atoms with Gasteiger partial charge in [-0.15, -0.1) is 0 Å². The summed E-state index contributed by atoms with van der Waals surface area (Å²) in [4.78, 5) is 12.6. The normalized spacial score (nSPS) is 15.9. The van der Waals surface area contributed by atoms with E-state index in [4.69, 9.17) is 18.0 Å². The molecule has 1 heterocycles. The van der Waals surface area contributed by atoms with Crippen molar-refractivity contribution in [2.75, 3.05) is 0 Å². The highest BCUT2D eigenvalue weighted by atomic mass is 32.1. The lowest BCUT2D eigenvalue weighted by Gasteiger charge is -2.26. The van der Waals surface area contributed by atoms with Crippen molar-refractivity contribution < 1.29 is 9.18 Å². The third-order valence-corrected chi connectivity index (χ3v) is 6.09. The number of benzene rings is 2. The molecular weight excluding hydrogens is 397 g/mol. The fourth-order valence-electron chi connectivity index (χ4n) is 4.29. The van der Waals surface area contributed by atoms with E-state index in [0.717, 1.165) is 41.3 Å². The van der Waals surface area contributed by atoms with Crippen molar-refractivity contribution in [3.05, 3.63) is 70.7 Å². The van der Waals surface area contributed by atoms with E-state index in [0.29, 0.717) is 11.5 Å². The van der Waals surface area contributed by atoms with E-state index in [-0.39, 0.29) is 23.7 Å². The van der Waals surface area contributed by atoms with Gasteiger partial charge in [-0.3, -0.25) is 4.79 Å². The lowest BCUT2D eigenvalue weighted by atomic mass is 9.90. The Bertz CT molecular complexity index is 1130. The number of thiocarbonyl (C=S) groups is 1. The maximum atomic E-state index is 13.8. The van der Waals surface area contributed by atoms with Gasteiger partial charge in [0, 0.05) is 40.7 Å². The lowest BCUT2D eigenvalue weighted by Crippen LogP contribution is -2.41. The molecule has 156 valence electrons. The molecule has 0 aliphatic heterocycles. The number of carbonyl (C=O) groups excluding carboxylic acids is 1. The van der Waals surface area contributed by atoms with Gasteiger partial charge in [-0.25, -0.2) is 4.39 Å². The third-order valence-electron chi connectivity index (χ3n) is 5.85. The van der Waals surface area contributed by atoms with Gasteiger partial charge in [-0.1, -0.05) is 38.2 Å². The first kappa shape index (κ1) is 20.5. The monoisotopic (exact) mass is 423 g/mol. The van der Waals surface area contributed by atoms with Gasteiger partial charge in [0.15, 0.2) is 0 Å². The van der Waals surface area contributed by atoms with Gasteiger partial charge in [0.2, 0.25) is 5.91 Å². The number of carbonyl (C=O) groups is 1. The summed E-state index contributed by atoms with van der Waals surface area (Å²) in [6, 6.07) is 12.9. The molecule has 1 unspecified atom stereocenters. The number of fused-ring (bicyclic) bond motifs is 3. The van der Waals surface area contributed by atoms with E-state index >= 15 is 0 Å². The van der Waals surface area contributed by atoms with Gasteiger partial charge in [0.25, 0.3) is 0 Å². The molecule has 2 aromatic carbocycles. The predicted octanol–water partition coefficient (Wildman–Crippen LogP) is 4.09. The molecule has 4 nitrogen and oxygen atoms in total. The van der Waals surface area contributed by atoms with Crippen LogP contribution in [0.4, 0.5) is 4.39 Å². The van der Waals surface area contributed by atoms with Crippen molar-refractivity contribution >= 4 is 34.0 Å². The fraction of sp³-hybridized carbons (Fsp3) is 0.333. The average Bonchev–Trinajstić information content (AvgIpc) is 3.00. The number of aromatic nitrogens is 1. The summed E-state index contributed by atoms with van der Waals surface area (Å²) < 4.78 is 16.0. The Morgan fingerprint density at radius 1 is 1.30 bits per heavy atom. The number of nitrogens with one attached hydrogen (secondary N) is 1. The smallest absolute Gasteiger partial charge is 0.222 e. The van der Waals surface area contributed by atoms with Gasteiger partial charge >= 0.3 is 0 Å². The number of hydrogen-bond acceptors (Lipinski definition) is 2. The van der Waals surface area contributed by atoms with Crippen LogP contribution in [0.5, 0.6) is 0 Å². The molecule has 3 N–H and O–H groups in total. The summed E-state index contributed by atoms with van der Waals surface area (Å²) >= 11 is 5.19. The molecule has 0 fully saturated rings. The molecule has 1 aliphatic rings. The molecule has 1 amide bonds. The maximum Gasteiger partial charge on any atom is 0.222 e. The predicted molar refractivity (Wildman–Crippen MR) is 122 cm³/mol. The van der Waals surface area contributed by atoms with Gasteiger partial charge in [-0.05, 0) is 60.7 Å². The van der Waals surface area contributed by atoms with Crippen LogP contribution in [0, 0.1) is 11.7 Å². The van der Waals surface area contributed by atoms with Crippen LogP contribution < -0.4 is 11.1 Å². The van der Waals surface area contributed by atoms with Crippen LogP contribution in [0.3, 0.4) is 0 Å². The highest BCUT2D eigenvalue weighted by molar-refractivity contribution is 7.80. The van der Waals surface area contributed by atoms with Gasteiger partial charge in [0.05, 0.1) is 0 Å². The van der Waals surface area contributed by atoms with Crippen LogP contribution in [0.15, 0.2) is 42.5 Å². The molecule has 0 saturated carbocycles. The van der Waals surface area contributed by atoms with E-state index in [2.05, 4.69) is 9.88 Å². The first-order valence-electron chi connectivity index (χ1n) is 10.3. The molecule has 1 aliphatic carbocycles. The number of rotatable bonds is 5. The minimum atomic E-state index is -0.231. The topological polar surface area (TPSA) is 60.1 Å². The van der Waals surface area contributed by atoms with Crippen LogP contribution in [0.2, 0.25) is 0 Å². The van der Waals surface area contributed by atoms with Crippen molar-refractivity contribution in [2.45, 2.75) is 45.7 Å². The second kappa shape index (κ2) is 8.19. The van der Waals surface area contributed by atoms with Crippen molar-refractivity contribution in [3.8, 4) is 0 Å². The minimum absolute atomic E-state index is 0.0399.